The lowest BCUT2D eigenvalue weighted by molar-refractivity contribution is -0.235. The second kappa shape index (κ2) is 7.81. The Bertz CT molecular complexity index is 997. The molecule has 1 saturated heterocycles. The van der Waals surface area contributed by atoms with E-state index in [9.17, 15) is 24.9 Å². The van der Waals surface area contributed by atoms with Gasteiger partial charge in [-0.25, -0.2) is 0 Å². The van der Waals surface area contributed by atoms with E-state index in [-0.39, 0.29) is 53.0 Å². The molecule has 6 nitrogen and oxygen atoms in total. The van der Waals surface area contributed by atoms with Crippen LogP contribution < -0.4 is 0 Å². The summed E-state index contributed by atoms with van der Waals surface area (Å²) in [6.07, 6.45) is 7.91. The lowest BCUT2D eigenvalue weighted by Crippen LogP contribution is -2.67. The second-order valence-corrected chi connectivity index (χ2v) is 14.8. The average molecular weight is 503 g/mol. The van der Waals surface area contributed by atoms with Gasteiger partial charge < -0.3 is 20.1 Å². The summed E-state index contributed by atoms with van der Waals surface area (Å²) in [6.45, 7) is 13.3. The van der Waals surface area contributed by atoms with Gasteiger partial charge in [0.15, 0.2) is 0 Å². The summed E-state index contributed by atoms with van der Waals surface area (Å²) in [5, 5.41) is 33.7. The molecule has 202 valence electrons. The summed E-state index contributed by atoms with van der Waals surface area (Å²) in [6, 6.07) is 0. The number of rotatable bonds is 2. The molecule has 0 spiro atoms. The number of aliphatic carboxylic acids is 1. The fourth-order valence-electron chi connectivity index (χ4n) is 9.95. The van der Waals surface area contributed by atoms with Crippen molar-refractivity contribution in [3.8, 4) is 0 Å². The van der Waals surface area contributed by atoms with E-state index in [1.807, 2.05) is 13.8 Å². The number of carbonyl (C=O) groups excluding carboxylic acids is 1. The molecule has 1 aliphatic heterocycles. The molecule has 0 aromatic carbocycles. The van der Waals surface area contributed by atoms with Gasteiger partial charge in [0, 0.05) is 5.41 Å². The van der Waals surface area contributed by atoms with Gasteiger partial charge in [0.05, 0.1) is 30.1 Å². The fraction of sp³-hybridized carbons (Fsp3) is 0.867. The highest BCUT2D eigenvalue weighted by atomic mass is 16.5. The number of cyclic esters (lactones) is 1. The van der Waals surface area contributed by atoms with E-state index in [1.54, 1.807) is 0 Å². The number of ether oxygens (including phenoxy) is 1. The summed E-state index contributed by atoms with van der Waals surface area (Å²) in [4.78, 5) is 24.6. The van der Waals surface area contributed by atoms with Gasteiger partial charge in [0.2, 0.25) is 0 Å². The number of fused-ring (bicyclic) bond motifs is 5. The maximum absolute atomic E-state index is 12.7. The molecule has 9 atom stereocenters. The molecule has 0 radical (unpaired) electrons. The highest BCUT2D eigenvalue weighted by Crippen LogP contribution is 2.73. The van der Waals surface area contributed by atoms with E-state index in [1.165, 1.54) is 5.57 Å². The minimum Gasteiger partial charge on any atom is -0.481 e. The summed E-state index contributed by atoms with van der Waals surface area (Å²) in [5.41, 5.74) is -1.33. The van der Waals surface area contributed by atoms with E-state index < -0.39 is 28.5 Å². The number of allylic oxidation sites excluding steroid dienone is 2. The molecule has 0 amide bonds. The zero-order valence-corrected chi connectivity index (χ0v) is 23.0. The third kappa shape index (κ3) is 3.28. The van der Waals surface area contributed by atoms with Crippen LogP contribution in [-0.2, 0) is 14.3 Å². The summed E-state index contributed by atoms with van der Waals surface area (Å²) in [7, 11) is 0. The van der Waals surface area contributed by atoms with Crippen LogP contribution in [-0.4, -0.2) is 45.6 Å². The van der Waals surface area contributed by atoms with Crippen LogP contribution in [0.2, 0.25) is 0 Å². The van der Waals surface area contributed by atoms with Crippen LogP contribution in [0.5, 0.6) is 0 Å². The second-order valence-electron chi connectivity index (χ2n) is 14.8. The number of hydrogen-bond donors (Lipinski definition) is 3. The van der Waals surface area contributed by atoms with Gasteiger partial charge in [-0.1, -0.05) is 46.3 Å². The Kier molecular flexibility index (Phi) is 5.69. The molecule has 5 rings (SSSR count). The van der Waals surface area contributed by atoms with Crippen molar-refractivity contribution in [1.29, 1.82) is 0 Å². The normalized spacial score (nSPS) is 52.2. The van der Waals surface area contributed by atoms with Crippen LogP contribution in [0.15, 0.2) is 11.6 Å². The van der Waals surface area contributed by atoms with Gasteiger partial charge in [-0.3, -0.25) is 9.59 Å². The molecule has 6 heteroatoms. The van der Waals surface area contributed by atoms with Crippen molar-refractivity contribution in [2.75, 3.05) is 6.61 Å². The Morgan fingerprint density at radius 1 is 1.00 bits per heavy atom. The highest BCUT2D eigenvalue weighted by Gasteiger charge is 2.69. The van der Waals surface area contributed by atoms with Crippen LogP contribution in [0.3, 0.4) is 0 Å². The number of esters is 1. The molecule has 4 fully saturated rings. The Morgan fingerprint density at radius 3 is 2.31 bits per heavy atom. The number of carbonyl (C=O) groups is 2. The minimum atomic E-state index is -1.05. The highest BCUT2D eigenvalue weighted by molar-refractivity contribution is 5.76. The summed E-state index contributed by atoms with van der Waals surface area (Å²) >= 11 is 0. The lowest BCUT2D eigenvalue weighted by atomic mass is 9.36. The van der Waals surface area contributed by atoms with Crippen molar-refractivity contribution >= 4 is 11.9 Å². The van der Waals surface area contributed by atoms with Gasteiger partial charge in [-0.05, 0) is 92.3 Å². The monoisotopic (exact) mass is 502 g/mol. The maximum Gasteiger partial charge on any atom is 0.310 e. The number of carboxylic acid groups (broad SMARTS) is 1. The summed E-state index contributed by atoms with van der Waals surface area (Å²) in [5.74, 6) is -1.19. The third-order valence-corrected chi connectivity index (χ3v) is 12.6. The van der Waals surface area contributed by atoms with E-state index in [2.05, 4.69) is 33.8 Å². The van der Waals surface area contributed by atoms with Crippen molar-refractivity contribution in [2.45, 2.75) is 111 Å². The first-order chi connectivity index (χ1) is 16.5. The summed E-state index contributed by atoms with van der Waals surface area (Å²) < 4.78 is 5.41. The van der Waals surface area contributed by atoms with Crippen molar-refractivity contribution in [1.82, 2.24) is 0 Å². The predicted molar refractivity (Wildman–Crippen MR) is 136 cm³/mol. The molecule has 3 saturated carbocycles. The number of hydrogen-bond acceptors (Lipinski definition) is 5. The minimum absolute atomic E-state index is 0.0203. The molecule has 5 aliphatic rings. The molecule has 4 aliphatic carbocycles. The fourth-order valence-corrected chi connectivity index (χ4v) is 9.95. The molecular formula is C30H46O6. The van der Waals surface area contributed by atoms with E-state index in [0.717, 1.165) is 38.5 Å². The van der Waals surface area contributed by atoms with Crippen molar-refractivity contribution in [3.05, 3.63) is 11.6 Å². The molecule has 0 bridgehead atoms. The van der Waals surface area contributed by atoms with Crippen LogP contribution in [0.4, 0.5) is 0 Å². The van der Waals surface area contributed by atoms with Crippen LogP contribution in [0.1, 0.15) is 99.3 Å². The van der Waals surface area contributed by atoms with Crippen molar-refractivity contribution in [2.24, 2.45) is 44.8 Å². The van der Waals surface area contributed by atoms with Crippen LogP contribution in [0, 0.1) is 44.8 Å². The maximum atomic E-state index is 12.7. The number of aliphatic hydroxyl groups is 2. The van der Waals surface area contributed by atoms with E-state index >= 15 is 0 Å². The molecule has 36 heavy (non-hydrogen) atoms. The smallest absolute Gasteiger partial charge is 0.310 e. The van der Waals surface area contributed by atoms with Gasteiger partial charge in [-0.2, -0.15) is 0 Å². The Balaban J connectivity index is 1.55. The van der Waals surface area contributed by atoms with E-state index in [4.69, 9.17) is 4.74 Å². The Morgan fingerprint density at radius 2 is 1.67 bits per heavy atom. The number of carboxylic acids is 1. The van der Waals surface area contributed by atoms with Crippen molar-refractivity contribution in [3.63, 3.8) is 0 Å². The van der Waals surface area contributed by atoms with Crippen LogP contribution in [0.25, 0.3) is 0 Å². The standard InChI is InChI=1S/C30H46O6/c1-25(2)11-13-30(24(33)34)14-12-27(4)18(19(30)16-25)7-8-21-28(27,5)10-9-20(29(21,6)35)26(3)17-36-23(32)15-22(26)31/h7,19-22,31,35H,8-17H2,1-6H3,(H,33,34)/t19-,20?,21-,22-,26-,27+,28+,29-,30-/m0/s1. The third-order valence-electron chi connectivity index (χ3n) is 12.6. The van der Waals surface area contributed by atoms with E-state index in [0.29, 0.717) is 12.8 Å². The topological polar surface area (TPSA) is 104 Å². The zero-order chi connectivity index (χ0) is 26.5. The first-order valence-electron chi connectivity index (χ1n) is 14.0. The van der Waals surface area contributed by atoms with Gasteiger partial charge in [0.1, 0.15) is 0 Å². The molecular weight excluding hydrogens is 456 g/mol. The Hall–Kier alpha value is -1.40. The largest absolute Gasteiger partial charge is 0.481 e. The molecule has 3 N–H and O–H groups in total. The molecule has 0 aromatic heterocycles. The van der Waals surface area contributed by atoms with Crippen LogP contribution >= 0.6 is 0 Å². The molecule has 1 unspecified atom stereocenters. The first-order valence-corrected chi connectivity index (χ1v) is 14.0. The Labute approximate surface area is 215 Å². The zero-order valence-electron chi connectivity index (χ0n) is 23.0. The van der Waals surface area contributed by atoms with Gasteiger partial charge in [0.25, 0.3) is 0 Å². The van der Waals surface area contributed by atoms with Gasteiger partial charge in [-0.15, -0.1) is 0 Å². The molecule has 1 heterocycles. The SMILES string of the molecule is CC1(C)CC[C@]2(C(=O)O)CC[C@]3(C)C(=CC[C@@H]4[C@@](C)(O)C([C@]5(C)COC(=O)C[C@@H]5O)CC[C@]43C)[C@@H]2C1. The van der Waals surface area contributed by atoms with Crippen molar-refractivity contribution < 1.29 is 29.6 Å². The first kappa shape index (κ1) is 26.2. The predicted octanol–water partition coefficient (Wildman–Crippen LogP) is 5.11. The molecule has 0 aromatic rings. The van der Waals surface area contributed by atoms with Gasteiger partial charge >= 0.3 is 11.9 Å². The lowest BCUT2D eigenvalue weighted by Gasteiger charge is -2.69. The average Bonchev–Trinajstić information content (AvgIpc) is 2.76. The quantitative estimate of drug-likeness (QED) is 0.358. The number of aliphatic hydroxyl groups excluding tert-OH is 1.